The molecule has 0 atom stereocenters. The molecule has 0 radical (unpaired) electrons. The van der Waals surface area contributed by atoms with Crippen molar-refractivity contribution in [2.24, 2.45) is 0 Å². The van der Waals surface area contributed by atoms with Gasteiger partial charge in [0.15, 0.2) is 11.9 Å². The molecule has 1 aromatic carbocycles. The lowest BCUT2D eigenvalue weighted by Crippen LogP contribution is -1.93. The number of rotatable bonds is 4. The van der Waals surface area contributed by atoms with Gasteiger partial charge in [0.25, 0.3) is 5.69 Å². The van der Waals surface area contributed by atoms with E-state index in [-0.39, 0.29) is 11.3 Å². The third-order valence-electron chi connectivity index (χ3n) is 2.73. The van der Waals surface area contributed by atoms with Crippen LogP contribution in [-0.4, -0.2) is 31.1 Å². The van der Waals surface area contributed by atoms with Crippen LogP contribution >= 0.6 is 11.8 Å². The number of aromatic amines is 1. The van der Waals surface area contributed by atoms with Crippen LogP contribution in [0.5, 0.6) is 0 Å². The summed E-state index contributed by atoms with van der Waals surface area (Å²) in [6.45, 7) is 0. The minimum atomic E-state index is -0.542. The number of nitrogens with one attached hydrogen (secondary N) is 1. The van der Waals surface area contributed by atoms with Crippen LogP contribution in [0.1, 0.15) is 10.4 Å². The summed E-state index contributed by atoms with van der Waals surface area (Å²) < 4.78 is 0. The van der Waals surface area contributed by atoms with Gasteiger partial charge in [0, 0.05) is 22.6 Å². The number of nitro groups is 1. The van der Waals surface area contributed by atoms with Crippen LogP contribution < -0.4 is 0 Å². The van der Waals surface area contributed by atoms with E-state index >= 15 is 0 Å². The molecule has 0 saturated carbocycles. The minimum absolute atomic E-state index is 0.129. The van der Waals surface area contributed by atoms with Crippen molar-refractivity contribution in [1.29, 1.82) is 0 Å². The van der Waals surface area contributed by atoms with Gasteiger partial charge in [-0.3, -0.25) is 14.9 Å². The number of nitro benzene ring substituents is 1. The number of aldehydes is 1. The monoisotopic (exact) mass is 301 g/mol. The van der Waals surface area contributed by atoms with Gasteiger partial charge in [-0.15, -0.1) is 0 Å². The fourth-order valence-corrected chi connectivity index (χ4v) is 2.68. The Morgan fingerprint density at radius 2 is 2.14 bits per heavy atom. The summed E-state index contributed by atoms with van der Waals surface area (Å²) in [5.74, 6) is 0. The Balaban J connectivity index is 2.03. The van der Waals surface area contributed by atoms with E-state index in [1.54, 1.807) is 0 Å². The summed E-state index contributed by atoms with van der Waals surface area (Å²) in [6.07, 6.45) is 3.46. The van der Waals surface area contributed by atoms with Gasteiger partial charge in [-0.2, -0.15) is 0 Å². The Labute approximate surface area is 121 Å². The summed E-state index contributed by atoms with van der Waals surface area (Å²) in [7, 11) is 0. The summed E-state index contributed by atoms with van der Waals surface area (Å²) in [4.78, 5) is 37.0. The fourth-order valence-electron chi connectivity index (χ4n) is 1.76. The van der Waals surface area contributed by atoms with Gasteiger partial charge in [-0.1, -0.05) is 11.8 Å². The highest BCUT2D eigenvalue weighted by molar-refractivity contribution is 7.99. The molecular weight excluding hydrogens is 294 g/mol. The summed E-state index contributed by atoms with van der Waals surface area (Å²) in [5, 5.41) is 11.3. The molecule has 2 aromatic heterocycles. The van der Waals surface area contributed by atoms with Gasteiger partial charge in [0.2, 0.25) is 0 Å². The normalized spacial score (nSPS) is 10.7. The smallest absolute Gasteiger partial charge is 0.270 e. The van der Waals surface area contributed by atoms with E-state index in [1.807, 2.05) is 0 Å². The summed E-state index contributed by atoms with van der Waals surface area (Å²) in [6, 6.07) is 4.11. The van der Waals surface area contributed by atoms with Crippen LogP contribution in [0.3, 0.4) is 0 Å². The zero-order valence-corrected chi connectivity index (χ0v) is 11.2. The third-order valence-corrected chi connectivity index (χ3v) is 3.82. The van der Waals surface area contributed by atoms with Gasteiger partial charge in [0.05, 0.1) is 11.3 Å². The number of imidazole rings is 1. The van der Waals surface area contributed by atoms with Crippen molar-refractivity contribution in [1.82, 2.24) is 19.9 Å². The number of fused-ring (bicyclic) bond motifs is 1. The molecule has 0 aliphatic carbocycles. The van der Waals surface area contributed by atoms with E-state index in [1.165, 1.54) is 42.6 Å². The Kier molecular flexibility index (Phi) is 3.32. The molecule has 0 saturated heterocycles. The van der Waals surface area contributed by atoms with E-state index in [4.69, 9.17) is 0 Å². The van der Waals surface area contributed by atoms with Gasteiger partial charge < -0.3 is 4.98 Å². The molecule has 0 bridgehead atoms. The number of benzene rings is 1. The van der Waals surface area contributed by atoms with Crippen LogP contribution in [0, 0.1) is 10.1 Å². The number of nitrogens with zero attached hydrogens (tertiary/aromatic N) is 4. The molecular formula is C12H7N5O3S. The van der Waals surface area contributed by atoms with E-state index in [9.17, 15) is 14.9 Å². The molecule has 21 heavy (non-hydrogen) atoms. The second-order valence-corrected chi connectivity index (χ2v) is 5.01. The highest BCUT2D eigenvalue weighted by Crippen LogP contribution is 2.33. The SMILES string of the molecule is O=Cc1cc([N+](=O)[O-])ccc1Sc1ncnc2nc[nH]c12. The van der Waals surface area contributed by atoms with Crippen LogP contribution in [0.15, 0.2) is 40.8 Å². The van der Waals surface area contributed by atoms with E-state index in [2.05, 4.69) is 19.9 Å². The standard InChI is InChI=1S/C12H7N5O3S/c18-4-7-3-8(17(19)20)1-2-9(7)21-12-10-11(14-5-13-10)15-6-16-12/h1-6H,(H,13,14,15,16). The Morgan fingerprint density at radius 1 is 1.29 bits per heavy atom. The van der Waals surface area contributed by atoms with Crippen molar-refractivity contribution in [3.8, 4) is 0 Å². The molecule has 1 N–H and O–H groups in total. The van der Waals surface area contributed by atoms with Crippen molar-refractivity contribution in [3.05, 3.63) is 46.5 Å². The Hall–Kier alpha value is -2.81. The van der Waals surface area contributed by atoms with Gasteiger partial charge in [-0.05, 0) is 6.07 Å². The molecule has 9 heteroatoms. The Morgan fingerprint density at radius 3 is 2.90 bits per heavy atom. The predicted octanol–water partition coefficient (Wildman–Crippen LogP) is 2.22. The lowest BCUT2D eigenvalue weighted by atomic mass is 10.2. The second kappa shape index (κ2) is 5.29. The van der Waals surface area contributed by atoms with Crippen LogP contribution in [-0.2, 0) is 0 Å². The van der Waals surface area contributed by atoms with E-state index in [0.717, 1.165) is 0 Å². The average Bonchev–Trinajstić information content (AvgIpc) is 2.97. The molecule has 0 aliphatic heterocycles. The first-order chi connectivity index (χ1) is 10.2. The van der Waals surface area contributed by atoms with Gasteiger partial charge >= 0.3 is 0 Å². The molecule has 3 aromatic rings. The van der Waals surface area contributed by atoms with Crippen molar-refractivity contribution in [2.75, 3.05) is 0 Å². The number of H-pyrrole nitrogens is 1. The molecule has 8 nitrogen and oxygen atoms in total. The third kappa shape index (κ3) is 2.46. The Bertz CT molecular complexity index is 848. The maximum atomic E-state index is 11.1. The molecule has 2 heterocycles. The number of carbonyl (C=O) groups excluding carboxylic acids is 1. The number of non-ortho nitro benzene ring substituents is 1. The number of hydrogen-bond acceptors (Lipinski definition) is 7. The molecule has 0 fully saturated rings. The molecule has 0 aliphatic rings. The van der Waals surface area contributed by atoms with Crippen molar-refractivity contribution >= 4 is 34.9 Å². The number of hydrogen-bond donors (Lipinski definition) is 1. The van der Waals surface area contributed by atoms with Gasteiger partial charge in [-0.25, -0.2) is 15.0 Å². The van der Waals surface area contributed by atoms with Crippen molar-refractivity contribution in [3.63, 3.8) is 0 Å². The first-order valence-electron chi connectivity index (χ1n) is 5.74. The first kappa shape index (κ1) is 13.2. The lowest BCUT2D eigenvalue weighted by Gasteiger charge is -2.04. The molecule has 3 rings (SSSR count). The highest BCUT2D eigenvalue weighted by atomic mass is 32.2. The zero-order chi connectivity index (χ0) is 14.8. The topological polar surface area (TPSA) is 115 Å². The minimum Gasteiger partial charge on any atom is -0.341 e. The van der Waals surface area contributed by atoms with Crippen LogP contribution in [0.2, 0.25) is 0 Å². The molecule has 0 unspecified atom stereocenters. The summed E-state index contributed by atoms with van der Waals surface area (Å²) >= 11 is 1.22. The number of aromatic nitrogens is 4. The van der Waals surface area contributed by atoms with Crippen molar-refractivity contribution < 1.29 is 9.72 Å². The lowest BCUT2D eigenvalue weighted by molar-refractivity contribution is -0.384. The van der Waals surface area contributed by atoms with E-state index < -0.39 is 4.92 Å². The molecule has 104 valence electrons. The summed E-state index contributed by atoms with van der Waals surface area (Å²) in [5.41, 5.74) is 1.27. The van der Waals surface area contributed by atoms with Crippen LogP contribution in [0.4, 0.5) is 5.69 Å². The van der Waals surface area contributed by atoms with Crippen LogP contribution in [0.25, 0.3) is 11.2 Å². The average molecular weight is 301 g/mol. The quantitative estimate of drug-likeness (QED) is 0.340. The van der Waals surface area contributed by atoms with E-state index in [0.29, 0.717) is 27.4 Å². The highest BCUT2D eigenvalue weighted by Gasteiger charge is 2.14. The first-order valence-corrected chi connectivity index (χ1v) is 6.56. The largest absolute Gasteiger partial charge is 0.341 e. The maximum absolute atomic E-state index is 11.1. The molecule has 0 amide bonds. The number of carbonyl (C=O) groups is 1. The van der Waals surface area contributed by atoms with Gasteiger partial charge in [0.1, 0.15) is 16.9 Å². The zero-order valence-electron chi connectivity index (χ0n) is 10.4. The molecule has 0 spiro atoms. The second-order valence-electron chi connectivity index (χ2n) is 3.98. The fraction of sp³-hybridized carbons (Fsp3) is 0. The maximum Gasteiger partial charge on any atom is 0.270 e. The predicted molar refractivity (Wildman–Crippen MR) is 74.3 cm³/mol. The van der Waals surface area contributed by atoms with Crippen molar-refractivity contribution in [2.45, 2.75) is 9.92 Å².